The third-order valence-corrected chi connectivity index (χ3v) is 4.34. The number of rotatable bonds is 0. The first-order chi connectivity index (χ1) is 11.0. The molecule has 0 aliphatic carbocycles. The van der Waals surface area contributed by atoms with Crippen molar-refractivity contribution in [1.29, 1.82) is 0 Å². The molecule has 2 atom stereocenters. The van der Waals surface area contributed by atoms with Gasteiger partial charge in [0.25, 0.3) is 0 Å². The first kappa shape index (κ1) is 15.6. The van der Waals surface area contributed by atoms with Gasteiger partial charge < -0.3 is 11.1 Å². The number of hydrogen-bond donors (Lipinski definition) is 2. The smallest absolute Gasteiger partial charge is 0.227 e. The van der Waals surface area contributed by atoms with Crippen LogP contribution in [0.4, 0.5) is 10.1 Å². The van der Waals surface area contributed by atoms with E-state index in [0.717, 1.165) is 30.4 Å². The zero-order valence-corrected chi connectivity index (χ0v) is 13.1. The maximum atomic E-state index is 13.7. The van der Waals surface area contributed by atoms with Crippen molar-refractivity contribution >= 4 is 11.6 Å². The summed E-state index contributed by atoms with van der Waals surface area (Å²) in [7, 11) is 0. The molecular formula is C18H20FN3O. The molecule has 2 bridgehead atoms. The van der Waals surface area contributed by atoms with Crippen molar-refractivity contribution in [1.82, 2.24) is 4.98 Å². The van der Waals surface area contributed by atoms with Crippen LogP contribution in [0.2, 0.25) is 0 Å². The van der Waals surface area contributed by atoms with Gasteiger partial charge in [-0.05, 0) is 42.7 Å². The molecule has 2 aromatic rings. The highest BCUT2D eigenvalue weighted by Crippen LogP contribution is 2.31. The molecule has 1 aliphatic heterocycles. The van der Waals surface area contributed by atoms with Gasteiger partial charge in [0, 0.05) is 41.2 Å². The van der Waals surface area contributed by atoms with Gasteiger partial charge in [0.2, 0.25) is 5.91 Å². The first-order valence-electron chi connectivity index (χ1n) is 7.86. The van der Waals surface area contributed by atoms with Crippen molar-refractivity contribution in [3.05, 3.63) is 48.0 Å². The summed E-state index contributed by atoms with van der Waals surface area (Å²) in [4.78, 5) is 16.6. The minimum atomic E-state index is -0.354. The molecule has 120 valence electrons. The molecule has 1 aromatic carbocycles. The number of nitrogens with zero attached hydrogens (tertiary/aromatic N) is 1. The summed E-state index contributed by atoms with van der Waals surface area (Å²) in [6.07, 6.45) is 5.84. The minimum absolute atomic E-state index is 0.0592. The maximum Gasteiger partial charge on any atom is 0.227 e. The molecule has 0 radical (unpaired) electrons. The molecule has 0 saturated heterocycles. The summed E-state index contributed by atoms with van der Waals surface area (Å²) in [6.45, 7) is 1.90. The van der Waals surface area contributed by atoms with Crippen molar-refractivity contribution in [2.75, 3.05) is 5.32 Å². The number of halogens is 1. The molecule has 0 unspecified atom stereocenters. The van der Waals surface area contributed by atoms with E-state index < -0.39 is 0 Å². The number of nitrogens with one attached hydrogen (secondary N) is 1. The molecule has 0 fully saturated rings. The summed E-state index contributed by atoms with van der Waals surface area (Å²) in [6, 6.07) is 6.15. The average Bonchev–Trinajstić information content (AvgIpc) is 2.55. The fraction of sp³-hybridized carbons (Fsp3) is 0.333. The van der Waals surface area contributed by atoms with Crippen LogP contribution in [-0.2, 0) is 4.79 Å². The molecule has 23 heavy (non-hydrogen) atoms. The van der Waals surface area contributed by atoms with E-state index >= 15 is 0 Å². The lowest BCUT2D eigenvalue weighted by Gasteiger charge is -2.19. The number of amides is 1. The van der Waals surface area contributed by atoms with E-state index in [1.807, 2.05) is 13.0 Å². The Balaban J connectivity index is 2.12. The topological polar surface area (TPSA) is 68.0 Å². The van der Waals surface area contributed by atoms with Crippen molar-refractivity contribution in [3.8, 4) is 11.1 Å². The molecule has 5 heteroatoms. The number of carbonyl (C=O) groups excluding carboxylic acids is 1. The zero-order chi connectivity index (χ0) is 16.4. The standard InChI is InChI=1S/C18H20FN3O/c1-11-3-2-4-16(20)13-7-12(9-21-10-13)15-8-14(19)5-6-17(15)22-18(11)23/h5-11,16H,2-4,20H2,1H3,(H,22,23)/t11-,16+/m1/s1. The molecule has 2 heterocycles. The predicted molar refractivity (Wildman–Crippen MR) is 88.2 cm³/mol. The zero-order valence-electron chi connectivity index (χ0n) is 13.1. The Morgan fingerprint density at radius 1 is 1.26 bits per heavy atom. The van der Waals surface area contributed by atoms with Crippen LogP contribution in [0, 0.1) is 11.7 Å². The molecule has 4 nitrogen and oxygen atoms in total. The Hall–Kier alpha value is -2.27. The molecule has 1 aliphatic rings. The van der Waals surface area contributed by atoms with Crippen LogP contribution in [0.15, 0.2) is 36.7 Å². The molecular weight excluding hydrogens is 293 g/mol. The lowest BCUT2D eigenvalue weighted by Crippen LogP contribution is -2.22. The maximum absolute atomic E-state index is 13.7. The Bertz CT molecular complexity index is 732. The molecule has 0 saturated carbocycles. The lowest BCUT2D eigenvalue weighted by atomic mass is 9.95. The Labute approximate surface area is 134 Å². The van der Waals surface area contributed by atoms with E-state index in [0.29, 0.717) is 11.3 Å². The van der Waals surface area contributed by atoms with Crippen LogP contribution in [0.5, 0.6) is 0 Å². The normalized spacial score (nSPS) is 21.6. The van der Waals surface area contributed by atoms with Crippen molar-refractivity contribution in [3.63, 3.8) is 0 Å². The van der Waals surface area contributed by atoms with Crippen molar-refractivity contribution in [2.24, 2.45) is 11.7 Å². The quantitative estimate of drug-likeness (QED) is 0.780. The Morgan fingerprint density at radius 3 is 2.91 bits per heavy atom. The van der Waals surface area contributed by atoms with Gasteiger partial charge in [0.1, 0.15) is 5.82 Å². The largest absolute Gasteiger partial charge is 0.325 e. The minimum Gasteiger partial charge on any atom is -0.325 e. The van der Waals surface area contributed by atoms with Crippen LogP contribution in [0.3, 0.4) is 0 Å². The SMILES string of the molecule is C[C@@H]1CCC[C@H](N)c2cncc(c2)-c2cc(F)ccc2NC1=O. The number of benzene rings is 1. The van der Waals surface area contributed by atoms with E-state index in [-0.39, 0.29) is 23.7 Å². The third-order valence-electron chi connectivity index (χ3n) is 4.34. The second-order valence-electron chi connectivity index (χ2n) is 6.12. The Kier molecular flexibility index (Phi) is 4.39. The highest BCUT2D eigenvalue weighted by atomic mass is 19.1. The lowest BCUT2D eigenvalue weighted by molar-refractivity contribution is -0.119. The summed E-state index contributed by atoms with van der Waals surface area (Å²) < 4.78 is 13.7. The molecule has 0 spiro atoms. The van der Waals surface area contributed by atoms with E-state index in [2.05, 4.69) is 10.3 Å². The van der Waals surface area contributed by atoms with Crippen LogP contribution in [0.1, 0.15) is 37.8 Å². The summed E-state index contributed by atoms with van der Waals surface area (Å²) in [5.74, 6) is -0.528. The molecule has 1 amide bonds. The van der Waals surface area contributed by atoms with Gasteiger partial charge in [-0.25, -0.2) is 4.39 Å². The number of anilines is 1. The van der Waals surface area contributed by atoms with Crippen molar-refractivity contribution < 1.29 is 9.18 Å². The van der Waals surface area contributed by atoms with Crippen molar-refractivity contribution in [2.45, 2.75) is 32.2 Å². The molecule has 3 N–H and O–H groups in total. The molecule has 3 rings (SSSR count). The monoisotopic (exact) mass is 313 g/mol. The fourth-order valence-electron chi connectivity index (χ4n) is 2.87. The number of nitrogens with two attached hydrogens (primary N) is 1. The summed E-state index contributed by atoms with van der Waals surface area (Å²) in [5.41, 5.74) is 9.13. The van der Waals surface area contributed by atoms with E-state index in [1.165, 1.54) is 12.1 Å². The van der Waals surface area contributed by atoms with Gasteiger partial charge in [-0.1, -0.05) is 13.3 Å². The highest BCUT2D eigenvalue weighted by Gasteiger charge is 2.18. The van der Waals surface area contributed by atoms with Gasteiger partial charge in [-0.3, -0.25) is 9.78 Å². The van der Waals surface area contributed by atoms with Crippen LogP contribution < -0.4 is 11.1 Å². The van der Waals surface area contributed by atoms with Crippen LogP contribution >= 0.6 is 0 Å². The van der Waals surface area contributed by atoms with Gasteiger partial charge in [-0.2, -0.15) is 0 Å². The van der Waals surface area contributed by atoms with Gasteiger partial charge in [-0.15, -0.1) is 0 Å². The van der Waals surface area contributed by atoms with E-state index in [4.69, 9.17) is 5.73 Å². The number of fused-ring (bicyclic) bond motifs is 4. The molecule has 1 aromatic heterocycles. The van der Waals surface area contributed by atoms with E-state index in [9.17, 15) is 9.18 Å². The summed E-state index contributed by atoms with van der Waals surface area (Å²) >= 11 is 0. The second kappa shape index (κ2) is 6.46. The second-order valence-corrected chi connectivity index (χ2v) is 6.12. The van der Waals surface area contributed by atoms with Gasteiger partial charge >= 0.3 is 0 Å². The fourth-order valence-corrected chi connectivity index (χ4v) is 2.87. The average molecular weight is 313 g/mol. The number of hydrogen-bond acceptors (Lipinski definition) is 3. The van der Waals surface area contributed by atoms with Crippen LogP contribution in [0.25, 0.3) is 11.1 Å². The van der Waals surface area contributed by atoms with E-state index in [1.54, 1.807) is 18.5 Å². The Morgan fingerprint density at radius 2 is 2.09 bits per heavy atom. The summed E-state index contributed by atoms with van der Waals surface area (Å²) in [5, 5.41) is 2.91. The first-order valence-corrected chi connectivity index (χ1v) is 7.86. The van der Waals surface area contributed by atoms with Gasteiger partial charge in [0.15, 0.2) is 0 Å². The third kappa shape index (κ3) is 3.40. The van der Waals surface area contributed by atoms with Gasteiger partial charge in [0.05, 0.1) is 0 Å². The highest BCUT2D eigenvalue weighted by molar-refractivity contribution is 5.96. The predicted octanol–water partition coefficient (Wildman–Crippen LogP) is 3.65. The van der Waals surface area contributed by atoms with Crippen LogP contribution in [-0.4, -0.2) is 10.9 Å². The number of pyridine rings is 1. The number of carbonyl (C=O) groups is 1. The number of aromatic nitrogens is 1.